The van der Waals surface area contributed by atoms with Crippen molar-refractivity contribution in [2.24, 2.45) is 11.5 Å². The van der Waals surface area contributed by atoms with Crippen LogP contribution < -0.4 is 11.5 Å². The molecule has 0 radical (unpaired) electrons. The number of ether oxygens (including phenoxy) is 1. The highest BCUT2D eigenvalue weighted by Gasteiger charge is 2.23. The van der Waals surface area contributed by atoms with Crippen molar-refractivity contribution in [2.45, 2.75) is 77.4 Å². The van der Waals surface area contributed by atoms with Crippen LogP contribution in [0.5, 0.6) is 0 Å². The van der Waals surface area contributed by atoms with E-state index >= 15 is 0 Å². The molecule has 0 fully saturated rings. The summed E-state index contributed by atoms with van der Waals surface area (Å²) in [5.74, 6) is 0. The van der Waals surface area contributed by atoms with Crippen molar-refractivity contribution in [3.8, 4) is 0 Å². The van der Waals surface area contributed by atoms with Crippen molar-refractivity contribution in [3.05, 3.63) is 0 Å². The van der Waals surface area contributed by atoms with Crippen molar-refractivity contribution in [2.75, 3.05) is 13.2 Å². The second kappa shape index (κ2) is 11.0. The number of hydrogen-bond donors (Lipinski definition) is 2. The van der Waals surface area contributed by atoms with Crippen LogP contribution in [-0.2, 0) is 4.74 Å². The van der Waals surface area contributed by atoms with Crippen LogP contribution >= 0.6 is 0 Å². The highest BCUT2D eigenvalue weighted by molar-refractivity contribution is 4.73. The predicted octanol–water partition coefficient (Wildman–Crippen LogP) is 3.17. The minimum Gasteiger partial charge on any atom is -0.361 e. The van der Waals surface area contributed by atoms with E-state index in [0.717, 1.165) is 32.3 Å². The van der Waals surface area contributed by atoms with Crippen LogP contribution in [0.25, 0.3) is 0 Å². The van der Waals surface area contributed by atoms with E-state index in [9.17, 15) is 0 Å². The Morgan fingerprint density at radius 1 is 0.882 bits per heavy atom. The van der Waals surface area contributed by atoms with Crippen LogP contribution in [0.3, 0.4) is 0 Å². The van der Waals surface area contributed by atoms with Gasteiger partial charge in [-0.25, -0.2) is 0 Å². The Labute approximate surface area is 107 Å². The van der Waals surface area contributed by atoms with E-state index in [1.807, 2.05) is 0 Å². The van der Waals surface area contributed by atoms with Gasteiger partial charge < -0.3 is 16.2 Å². The van der Waals surface area contributed by atoms with Gasteiger partial charge in [0, 0.05) is 13.0 Å². The molecule has 0 aromatic rings. The standard InChI is InChI=1S/C14H32N2O/c1-3-5-6-7-8-9-13-17-14(16,10-4-2)11-12-15/h3-13,15-16H2,1-2H3. The van der Waals surface area contributed by atoms with Gasteiger partial charge >= 0.3 is 0 Å². The maximum atomic E-state index is 6.18. The molecule has 104 valence electrons. The van der Waals surface area contributed by atoms with Crippen molar-refractivity contribution in [1.29, 1.82) is 0 Å². The molecule has 3 heteroatoms. The molecule has 0 aliphatic carbocycles. The van der Waals surface area contributed by atoms with E-state index in [-0.39, 0.29) is 0 Å². The van der Waals surface area contributed by atoms with Crippen molar-refractivity contribution < 1.29 is 4.74 Å². The van der Waals surface area contributed by atoms with Gasteiger partial charge in [-0.1, -0.05) is 52.4 Å². The first kappa shape index (κ1) is 16.9. The van der Waals surface area contributed by atoms with Crippen LogP contribution in [0.1, 0.15) is 71.6 Å². The Hall–Kier alpha value is -0.120. The van der Waals surface area contributed by atoms with Crippen LogP contribution in [0, 0.1) is 0 Å². The van der Waals surface area contributed by atoms with E-state index in [1.165, 1.54) is 32.1 Å². The number of nitrogens with two attached hydrogens (primary N) is 2. The van der Waals surface area contributed by atoms with Crippen LogP contribution in [0.4, 0.5) is 0 Å². The normalized spacial score (nSPS) is 14.8. The van der Waals surface area contributed by atoms with Gasteiger partial charge in [-0.15, -0.1) is 0 Å². The summed E-state index contributed by atoms with van der Waals surface area (Å²) in [7, 11) is 0. The molecule has 1 atom stereocenters. The largest absolute Gasteiger partial charge is 0.361 e. The predicted molar refractivity (Wildman–Crippen MR) is 74.8 cm³/mol. The van der Waals surface area contributed by atoms with Gasteiger partial charge in [0.2, 0.25) is 0 Å². The average molecular weight is 244 g/mol. The smallest absolute Gasteiger partial charge is 0.117 e. The fourth-order valence-corrected chi connectivity index (χ4v) is 2.09. The highest BCUT2D eigenvalue weighted by atomic mass is 16.5. The fourth-order valence-electron chi connectivity index (χ4n) is 2.09. The lowest BCUT2D eigenvalue weighted by molar-refractivity contribution is -0.0534. The molecule has 0 bridgehead atoms. The molecular weight excluding hydrogens is 212 g/mol. The minimum absolute atomic E-state index is 0.479. The van der Waals surface area contributed by atoms with E-state index < -0.39 is 5.72 Å². The Morgan fingerprint density at radius 2 is 1.53 bits per heavy atom. The average Bonchev–Trinajstić information content (AvgIpc) is 2.28. The van der Waals surface area contributed by atoms with Crippen LogP contribution in [0.2, 0.25) is 0 Å². The SMILES string of the molecule is CCCCCCCCOC(N)(CCC)CCN. The lowest BCUT2D eigenvalue weighted by Gasteiger charge is -2.29. The zero-order chi connectivity index (χ0) is 13.0. The topological polar surface area (TPSA) is 61.3 Å². The van der Waals surface area contributed by atoms with Crippen molar-refractivity contribution in [3.63, 3.8) is 0 Å². The number of hydrogen-bond acceptors (Lipinski definition) is 3. The van der Waals surface area contributed by atoms with Crippen molar-refractivity contribution in [1.82, 2.24) is 0 Å². The Morgan fingerprint density at radius 3 is 2.12 bits per heavy atom. The molecule has 4 N–H and O–H groups in total. The first-order valence-corrected chi connectivity index (χ1v) is 7.31. The molecule has 0 aromatic heterocycles. The van der Waals surface area contributed by atoms with E-state index in [0.29, 0.717) is 6.54 Å². The third-order valence-corrected chi connectivity index (χ3v) is 3.13. The molecule has 0 heterocycles. The summed E-state index contributed by atoms with van der Waals surface area (Å²) in [5, 5.41) is 0. The van der Waals surface area contributed by atoms with Gasteiger partial charge in [0.1, 0.15) is 5.72 Å². The lowest BCUT2D eigenvalue weighted by atomic mass is 10.0. The third-order valence-electron chi connectivity index (χ3n) is 3.13. The molecule has 0 aliphatic rings. The first-order valence-electron chi connectivity index (χ1n) is 7.31. The molecular formula is C14H32N2O. The molecule has 0 aliphatic heterocycles. The molecule has 3 nitrogen and oxygen atoms in total. The zero-order valence-corrected chi connectivity index (χ0v) is 11.8. The highest BCUT2D eigenvalue weighted by Crippen LogP contribution is 2.16. The van der Waals surface area contributed by atoms with E-state index in [2.05, 4.69) is 13.8 Å². The summed E-state index contributed by atoms with van der Waals surface area (Å²) in [6.07, 6.45) is 10.4. The molecule has 0 aromatic carbocycles. The number of rotatable bonds is 12. The molecule has 0 rings (SSSR count). The minimum atomic E-state index is -0.479. The summed E-state index contributed by atoms with van der Waals surface area (Å²) in [6, 6.07) is 0. The Balaban J connectivity index is 3.54. The summed E-state index contributed by atoms with van der Waals surface area (Å²) in [5.41, 5.74) is 11.3. The molecule has 0 spiro atoms. The van der Waals surface area contributed by atoms with E-state index in [1.54, 1.807) is 0 Å². The third kappa shape index (κ3) is 9.57. The second-order valence-electron chi connectivity index (χ2n) is 4.97. The molecule has 0 saturated carbocycles. The second-order valence-corrected chi connectivity index (χ2v) is 4.97. The van der Waals surface area contributed by atoms with Gasteiger partial charge in [0.15, 0.2) is 0 Å². The van der Waals surface area contributed by atoms with Crippen LogP contribution in [-0.4, -0.2) is 18.9 Å². The van der Waals surface area contributed by atoms with Gasteiger partial charge in [-0.2, -0.15) is 0 Å². The molecule has 1 unspecified atom stereocenters. The van der Waals surface area contributed by atoms with Gasteiger partial charge in [-0.3, -0.25) is 0 Å². The summed E-state index contributed by atoms with van der Waals surface area (Å²) in [4.78, 5) is 0. The Kier molecular flexibility index (Phi) is 10.9. The van der Waals surface area contributed by atoms with Gasteiger partial charge in [0.25, 0.3) is 0 Å². The lowest BCUT2D eigenvalue weighted by Crippen LogP contribution is -2.44. The van der Waals surface area contributed by atoms with Gasteiger partial charge in [0.05, 0.1) is 0 Å². The number of unbranched alkanes of at least 4 members (excludes halogenated alkanes) is 5. The van der Waals surface area contributed by atoms with E-state index in [4.69, 9.17) is 16.2 Å². The summed E-state index contributed by atoms with van der Waals surface area (Å²) in [6.45, 7) is 5.76. The monoisotopic (exact) mass is 244 g/mol. The van der Waals surface area contributed by atoms with Crippen LogP contribution in [0.15, 0.2) is 0 Å². The molecule has 0 saturated heterocycles. The van der Waals surface area contributed by atoms with Crippen molar-refractivity contribution >= 4 is 0 Å². The molecule has 17 heavy (non-hydrogen) atoms. The summed E-state index contributed by atoms with van der Waals surface area (Å²) < 4.78 is 5.81. The Bertz CT molecular complexity index is 156. The molecule has 0 amide bonds. The first-order chi connectivity index (χ1) is 8.18. The zero-order valence-electron chi connectivity index (χ0n) is 11.8. The van der Waals surface area contributed by atoms with Gasteiger partial charge in [-0.05, 0) is 19.4 Å². The maximum Gasteiger partial charge on any atom is 0.117 e. The maximum absolute atomic E-state index is 6.18. The quantitative estimate of drug-likeness (QED) is 0.409. The fraction of sp³-hybridized carbons (Fsp3) is 1.00. The summed E-state index contributed by atoms with van der Waals surface area (Å²) >= 11 is 0.